The first-order chi connectivity index (χ1) is 21.9. The van der Waals surface area contributed by atoms with Crippen molar-refractivity contribution in [2.24, 2.45) is 11.3 Å². The molecule has 0 atom stereocenters. The molecule has 1 heteroatoms. The first-order valence-corrected chi connectivity index (χ1v) is 21.4. The second kappa shape index (κ2) is 38.1. The molecule has 0 unspecified atom stereocenters. The van der Waals surface area contributed by atoms with Gasteiger partial charge in [0, 0.05) is 12.8 Å². The maximum atomic E-state index is 12.1. The van der Waals surface area contributed by atoms with Gasteiger partial charge in [0.2, 0.25) is 0 Å². The molecular weight excluding hydrogens is 544 g/mol. The molecule has 1 nitrogen and oxygen atoms in total. The van der Waals surface area contributed by atoms with E-state index in [1.165, 1.54) is 205 Å². The van der Waals surface area contributed by atoms with Gasteiger partial charge in [0.05, 0.1) is 0 Å². The molecule has 0 spiro atoms. The number of hydrogen-bond acceptors (Lipinski definition) is 1. The summed E-state index contributed by atoms with van der Waals surface area (Å²) in [5.41, 5.74) is 0.601. The number of Topliss-reactive ketones (excluding diaryl/α,β-unsaturated/α-hetero) is 1. The molecule has 0 aromatic carbocycles. The molecular formula is C44H90O. The lowest BCUT2D eigenvalue weighted by Gasteiger charge is -2.23. The molecule has 0 aliphatic heterocycles. The molecule has 45 heavy (non-hydrogen) atoms. The third kappa shape index (κ3) is 39.8. The molecule has 0 aromatic rings. The molecule has 0 aliphatic carbocycles. The van der Waals surface area contributed by atoms with E-state index in [4.69, 9.17) is 0 Å². The highest BCUT2D eigenvalue weighted by atomic mass is 16.1. The van der Waals surface area contributed by atoms with Crippen molar-refractivity contribution in [3.05, 3.63) is 0 Å². The van der Waals surface area contributed by atoms with Crippen molar-refractivity contribution in [1.82, 2.24) is 0 Å². The molecule has 0 fully saturated rings. The van der Waals surface area contributed by atoms with Gasteiger partial charge < -0.3 is 0 Å². The zero-order chi connectivity index (χ0) is 33.7. The van der Waals surface area contributed by atoms with Gasteiger partial charge in [0.15, 0.2) is 0 Å². The minimum absolute atomic E-state index is 0.489. The van der Waals surface area contributed by atoms with Crippen LogP contribution in [0.4, 0.5) is 0 Å². The normalized spacial score (nSPS) is 11.6. The highest BCUT2D eigenvalue weighted by Gasteiger charge is 2.15. The average Bonchev–Trinajstić information content (AvgIpc) is 3.02. The smallest absolute Gasteiger partial charge is 0.132 e. The van der Waals surface area contributed by atoms with Gasteiger partial charge in [-0.15, -0.1) is 0 Å². The van der Waals surface area contributed by atoms with E-state index in [2.05, 4.69) is 41.5 Å². The summed E-state index contributed by atoms with van der Waals surface area (Å²) in [5, 5.41) is 0. The predicted molar refractivity (Wildman–Crippen MR) is 208 cm³/mol. The van der Waals surface area contributed by atoms with E-state index in [0.717, 1.165) is 12.8 Å². The van der Waals surface area contributed by atoms with Gasteiger partial charge in [-0.25, -0.2) is 0 Å². The molecule has 0 aromatic heterocycles. The molecule has 0 aliphatic rings. The molecule has 0 radical (unpaired) electrons. The Morgan fingerprint density at radius 3 is 1.02 bits per heavy atom. The Bertz CT molecular complexity index is 521. The summed E-state index contributed by atoms with van der Waals surface area (Å²) in [5.74, 6) is 1.15. The molecule has 0 N–H and O–H groups in total. The fourth-order valence-electron chi connectivity index (χ4n) is 7.02. The van der Waals surface area contributed by atoms with Crippen LogP contribution in [0.15, 0.2) is 0 Å². The molecule has 0 heterocycles. The van der Waals surface area contributed by atoms with Gasteiger partial charge in [0.1, 0.15) is 5.78 Å². The molecule has 0 amide bonds. The first kappa shape index (κ1) is 46.8. The van der Waals surface area contributed by atoms with E-state index < -0.39 is 0 Å². The molecule has 0 saturated carbocycles. The number of rotatable bonds is 35. The lowest BCUT2D eigenvalue weighted by molar-refractivity contribution is -0.119. The van der Waals surface area contributed by atoms with Crippen molar-refractivity contribution >= 4 is 5.78 Å². The van der Waals surface area contributed by atoms with E-state index in [9.17, 15) is 4.79 Å². The lowest BCUT2D eigenvalue weighted by atomic mass is 9.83. The monoisotopic (exact) mass is 635 g/mol. The molecule has 0 bridgehead atoms. The highest BCUT2D eigenvalue weighted by Crippen LogP contribution is 2.29. The van der Waals surface area contributed by atoms with Gasteiger partial charge in [0.25, 0.3) is 0 Å². The second-order valence-corrected chi connectivity index (χ2v) is 15.7. The van der Waals surface area contributed by atoms with Crippen LogP contribution in [0.25, 0.3) is 0 Å². The zero-order valence-corrected chi connectivity index (χ0v) is 33.0. The summed E-state index contributed by atoms with van der Waals surface area (Å²) in [7, 11) is 0. The van der Waals surface area contributed by atoms with Gasteiger partial charge in [-0.2, -0.15) is 0 Å². The van der Waals surface area contributed by atoms with Crippen LogP contribution >= 0.6 is 0 Å². The van der Waals surface area contributed by atoms with Gasteiger partial charge in [-0.1, -0.05) is 241 Å². The standard InChI is InChI=1S/C33H66O.C11H24/c1-4-7-9-11-13-15-17-19-21-23-25-27-29-32(31-33(34)6-3)30-28-26-24-22-20-18-16-14-12-10-8-5-2;1-5-7-8-10-11(3,4)9-6-2/h32H,4-31H2,1-3H3;5-10H2,1-4H3. The van der Waals surface area contributed by atoms with Gasteiger partial charge in [-0.05, 0) is 24.2 Å². The Labute approximate surface area is 288 Å². The third-order valence-corrected chi connectivity index (χ3v) is 10.2. The van der Waals surface area contributed by atoms with Crippen molar-refractivity contribution < 1.29 is 4.79 Å². The average molecular weight is 635 g/mol. The van der Waals surface area contributed by atoms with E-state index >= 15 is 0 Å². The Hall–Kier alpha value is -0.330. The van der Waals surface area contributed by atoms with Gasteiger partial charge >= 0.3 is 0 Å². The summed E-state index contributed by atoms with van der Waals surface area (Å²) in [6.07, 6.45) is 46.5. The topological polar surface area (TPSA) is 17.1 Å². The van der Waals surface area contributed by atoms with Crippen LogP contribution < -0.4 is 0 Å². The minimum atomic E-state index is 0.489. The third-order valence-electron chi connectivity index (χ3n) is 10.2. The van der Waals surface area contributed by atoms with Crippen LogP contribution in [0.3, 0.4) is 0 Å². The first-order valence-electron chi connectivity index (χ1n) is 21.4. The number of ketones is 1. The van der Waals surface area contributed by atoms with Crippen molar-refractivity contribution in [1.29, 1.82) is 0 Å². The fourth-order valence-corrected chi connectivity index (χ4v) is 7.02. The Balaban J connectivity index is 0. The van der Waals surface area contributed by atoms with E-state index in [1.54, 1.807) is 0 Å². The summed E-state index contributed by atoms with van der Waals surface area (Å²) in [4.78, 5) is 12.1. The van der Waals surface area contributed by atoms with Crippen LogP contribution in [0, 0.1) is 11.3 Å². The SMILES string of the molecule is CCCCCC(C)(C)CCC.CCCCCCCCCCCCCCC(CCCCCCCCCCCCCC)CC(=O)CC. The van der Waals surface area contributed by atoms with Crippen molar-refractivity contribution in [2.45, 2.75) is 267 Å². The second-order valence-electron chi connectivity index (χ2n) is 15.7. The Morgan fingerprint density at radius 2 is 0.711 bits per heavy atom. The predicted octanol–water partition coefficient (Wildman–Crippen LogP) is 16.5. The lowest BCUT2D eigenvalue weighted by Crippen LogP contribution is -2.10. The van der Waals surface area contributed by atoms with Crippen LogP contribution in [0.5, 0.6) is 0 Å². The van der Waals surface area contributed by atoms with E-state index in [1.807, 2.05) is 6.92 Å². The number of hydrogen-bond donors (Lipinski definition) is 0. The maximum Gasteiger partial charge on any atom is 0.132 e. The highest BCUT2D eigenvalue weighted by molar-refractivity contribution is 5.78. The number of carbonyl (C=O) groups excluding carboxylic acids is 1. The summed E-state index contributed by atoms with van der Waals surface area (Å²) >= 11 is 0. The summed E-state index contributed by atoms with van der Waals surface area (Å²) in [6.45, 7) is 16.0. The molecule has 0 saturated heterocycles. The number of unbranched alkanes of at least 4 members (excludes halogenated alkanes) is 24. The van der Waals surface area contributed by atoms with Crippen LogP contribution in [0.2, 0.25) is 0 Å². The Kier molecular flexibility index (Phi) is 39.6. The summed E-state index contributed by atoms with van der Waals surface area (Å²) < 4.78 is 0. The van der Waals surface area contributed by atoms with E-state index in [-0.39, 0.29) is 0 Å². The minimum Gasteiger partial charge on any atom is -0.300 e. The van der Waals surface area contributed by atoms with Crippen molar-refractivity contribution in [2.75, 3.05) is 0 Å². The Morgan fingerprint density at radius 1 is 0.400 bits per heavy atom. The van der Waals surface area contributed by atoms with Crippen molar-refractivity contribution in [3.8, 4) is 0 Å². The maximum absolute atomic E-state index is 12.1. The summed E-state index contributed by atoms with van der Waals surface area (Å²) in [6, 6.07) is 0. The van der Waals surface area contributed by atoms with Crippen molar-refractivity contribution in [3.63, 3.8) is 0 Å². The van der Waals surface area contributed by atoms with E-state index in [0.29, 0.717) is 17.1 Å². The van der Waals surface area contributed by atoms with Gasteiger partial charge in [-0.3, -0.25) is 4.79 Å². The van der Waals surface area contributed by atoms with Crippen LogP contribution in [0.1, 0.15) is 267 Å². The number of carbonyl (C=O) groups is 1. The quantitative estimate of drug-likeness (QED) is 0.0634. The van der Waals surface area contributed by atoms with Crippen LogP contribution in [-0.2, 0) is 4.79 Å². The zero-order valence-electron chi connectivity index (χ0n) is 33.0. The largest absolute Gasteiger partial charge is 0.300 e. The molecule has 0 rings (SSSR count). The molecule has 272 valence electrons. The fraction of sp³-hybridized carbons (Fsp3) is 0.977. The van der Waals surface area contributed by atoms with Crippen LogP contribution in [-0.4, -0.2) is 5.78 Å².